The molecule has 0 saturated carbocycles. The largest absolute Gasteiger partial charge is 0.591 e. The second kappa shape index (κ2) is 5.67. The number of ether oxygens (including phenoxy) is 1. The van der Waals surface area contributed by atoms with E-state index >= 15 is 0 Å². The monoisotopic (exact) mass is 275 g/mol. The average Bonchev–Trinajstić information content (AvgIpc) is 2.28. The predicted molar refractivity (Wildman–Crippen MR) is 68.4 cm³/mol. The quantitative estimate of drug-likeness (QED) is 0.629. The van der Waals surface area contributed by atoms with Gasteiger partial charge in [-0.05, 0) is 26.8 Å². The van der Waals surface area contributed by atoms with Gasteiger partial charge in [0, 0.05) is 11.6 Å². The Labute approximate surface area is 108 Å². The summed E-state index contributed by atoms with van der Waals surface area (Å²) in [4.78, 5) is 0. The van der Waals surface area contributed by atoms with Crippen LogP contribution in [0.2, 0.25) is 0 Å². The number of hydrogen-bond donors (Lipinski definition) is 0. The number of benzene rings is 1. The molecule has 1 aromatic rings. The second-order valence-electron chi connectivity index (χ2n) is 4.60. The highest BCUT2D eigenvalue weighted by atomic mass is 32.2. The molecule has 0 radical (unpaired) electrons. The maximum Gasteiger partial charge on any atom is 0.162 e. The summed E-state index contributed by atoms with van der Waals surface area (Å²) in [7, 11) is 1.34. The van der Waals surface area contributed by atoms with Crippen molar-refractivity contribution in [3.05, 3.63) is 29.3 Å². The number of rotatable bonds is 3. The van der Waals surface area contributed by atoms with Crippen LogP contribution in [-0.2, 0) is 11.4 Å². The van der Waals surface area contributed by atoms with Crippen LogP contribution in [0.5, 0.6) is 5.75 Å². The van der Waals surface area contributed by atoms with Crippen LogP contribution in [0.3, 0.4) is 0 Å². The van der Waals surface area contributed by atoms with Crippen molar-refractivity contribution in [3.63, 3.8) is 0 Å². The fourth-order valence-corrected chi connectivity index (χ4v) is 1.61. The Bertz CT molecular complexity index is 458. The Morgan fingerprint density at radius 2 is 1.83 bits per heavy atom. The summed E-state index contributed by atoms with van der Waals surface area (Å²) in [6.45, 7) is 5.30. The van der Waals surface area contributed by atoms with Crippen LogP contribution in [-0.4, -0.2) is 22.6 Å². The smallest absolute Gasteiger partial charge is 0.162 e. The van der Waals surface area contributed by atoms with Gasteiger partial charge in [-0.25, -0.2) is 8.78 Å². The van der Waals surface area contributed by atoms with Gasteiger partial charge in [-0.2, -0.15) is 0 Å². The lowest BCUT2D eigenvalue weighted by molar-refractivity contribution is 0.405. The highest BCUT2D eigenvalue weighted by Gasteiger charge is 2.26. The van der Waals surface area contributed by atoms with E-state index in [-0.39, 0.29) is 11.3 Å². The first-order chi connectivity index (χ1) is 8.25. The zero-order valence-corrected chi connectivity index (χ0v) is 11.5. The summed E-state index contributed by atoms with van der Waals surface area (Å²) in [6.07, 6.45) is 1.22. The van der Waals surface area contributed by atoms with Gasteiger partial charge in [0.25, 0.3) is 0 Å². The lowest BCUT2D eigenvalue weighted by Crippen LogP contribution is -2.25. The van der Waals surface area contributed by atoms with E-state index in [2.05, 4.69) is 4.40 Å². The average molecular weight is 275 g/mol. The summed E-state index contributed by atoms with van der Waals surface area (Å²) >= 11 is -1.46. The van der Waals surface area contributed by atoms with E-state index in [1.54, 1.807) is 20.8 Å². The van der Waals surface area contributed by atoms with Crippen molar-refractivity contribution in [2.75, 3.05) is 7.11 Å². The summed E-state index contributed by atoms with van der Waals surface area (Å²) in [5, 5.41) is 0. The predicted octanol–water partition coefficient (Wildman–Crippen LogP) is 2.85. The molecule has 0 N–H and O–H groups in total. The Hall–Kier alpha value is -1.14. The Kier molecular flexibility index (Phi) is 4.70. The van der Waals surface area contributed by atoms with E-state index in [4.69, 9.17) is 4.74 Å². The number of hydrogen-bond acceptors (Lipinski definition) is 3. The van der Waals surface area contributed by atoms with Gasteiger partial charge in [-0.15, -0.1) is 0 Å². The third-order valence-corrected chi connectivity index (χ3v) is 3.43. The van der Waals surface area contributed by atoms with Crippen molar-refractivity contribution in [2.45, 2.75) is 25.5 Å². The molecule has 0 aliphatic rings. The van der Waals surface area contributed by atoms with Gasteiger partial charge in [-0.3, -0.25) is 0 Å². The maximum absolute atomic E-state index is 13.1. The van der Waals surface area contributed by atoms with Crippen LogP contribution >= 0.6 is 0 Å². The molecule has 3 nitrogen and oxygen atoms in total. The van der Waals surface area contributed by atoms with Crippen molar-refractivity contribution in [2.24, 2.45) is 4.40 Å². The Morgan fingerprint density at radius 3 is 2.33 bits per heavy atom. The molecule has 0 spiro atoms. The summed E-state index contributed by atoms with van der Waals surface area (Å²) in [5.41, 5.74) is 0.244. The summed E-state index contributed by atoms with van der Waals surface area (Å²) < 4.78 is 46.0. The normalized spacial score (nSPS) is 13.9. The van der Waals surface area contributed by atoms with Crippen molar-refractivity contribution in [1.29, 1.82) is 0 Å². The van der Waals surface area contributed by atoms with Gasteiger partial charge in [0.1, 0.15) is 21.9 Å². The summed E-state index contributed by atoms with van der Waals surface area (Å²) in [6, 6.07) is 1.88. The zero-order valence-electron chi connectivity index (χ0n) is 10.7. The molecule has 0 aromatic heterocycles. The van der Waals surface area contributed by atoms with Crippen molar-refractivity contribution in [1.82, 2.24) is 0 Å². The van der Waals surface area contributed by atoms with E-state index in [1.165, 1.54) is 13.3 Å². The standard InChI is InChI=1S/C12H15F2NO2S/c1-12(2,3)18(16)15-7-8-5-9(13)10(14)6-11(8)17-4/h5-7H,1-4H3/t18-/m0/s1. The third kappa shape index (κ3) is 3.68. The highest BCUT2D eigenvalue weighted by molar-refractivity contribution is 7.91. The minimum Gasteiger partial charge on any atom is -0.591 e. The van der Waals surface area contributed by atoms with Crippen LogP contribution in [0.1, 0.15) is 26.3 Å². The van der Waals surface area contributed by atoms with Crippen LogP contribution in [0.25, 0.3) is 0 Å². The molecule has 0 saturated heterocycles. The van der Waals surface area contributed by atoms with Gasteiger partial charge >= 0.3 is 0 Å². The molecule has 0 aliphatic carbocycles. The van der Waals surface area contributed by atoms with Gasteiger partial charge in [0.2, 0.25) is 0 Å². The van der Waals surface area contributed by atoms with Crippen LogP contribution in [0.4, 0.5) is 8.78 Å². The van der Waals surface area contributed by atoms with Crippen molar-refractivity contribution >= 4 is 17.6 Å². The molecular weight excluding hydrogens is 260 g/mol. The van der Waals surface area contributed by atoms with Crippen molar-refractivity contribution in [3.8, 4) is 5.75 Å². The molecule has 0 heterocycles. The topological polar surface area (TPSA) is 44.6 Å². The molecule has 100 valence electrons. The minimum atomic E-state index is -1.46. The molecule has 0 bridgehead atoms. The van der Waals surface area contributed by atoms with Crippen molar-refractivity contribution < 1.29 is 18.1 Å². The molecule has 0 fully saturated rings. The first kappa shape index (κ1) is 14.9. The van der Waals surface area contributed by atoms with Gasteiger partial charge in [-0.1, -0.05) is 4.40 Å². The lowest BCUT2D eigenvalue weighted by atomic mass is 10.2. The fourth-order valence-electron chi connectivity index (χ4n) is 1.08. The van der Waals surface area contributed by atoms with E-state index in [1.807, 2.05) is 0 Å². The number of nitrogens with zero attached hydrogens (tertiary/aromatic N) is 1. The van der Waals surface area contributed by atoms with E-state index in [0.29, 0.717) is 0 Å². The molecule has 0 amide bonds. The minimum absolute atomic E-state index is 0.142. The molecule has 6 heteroatoms. The number of halogens is 2. The summed E-state index contributed by atoms with van der Waals surface area (Å²) in [5.74, 6) is -1.86. The lowest BCUT2D eigenvalue weighted by Gasteiger charge is -2.17. The molecule has 0 unspecified atom stereocenters. The molecule has 0 aliphatic heterocycles. The van der Waals surface area contributed by atoms with E-state index in [0.717, 1.165) is 12.1 Å². The first-order valence-corrected chi connectivity index (χ1v) is 6.35. The molecule has 1 atom stereocenters. The SMILES string of the molecule is COc1cc(F)c(F)cc1C=N[S@@+]([O-])C(C)(C)C. The van der Waals surface area contributed by atoms with Gasteiger partial charge in [0.15, 0.2) is 11.6 Å². The van der Waals surface area contributed by atoms with Crippen LogP contribution in [0, 0.1) is 11.6 Å². The zero-order chi connectivity index (χ0) is 13.9. The molecular formula is C12H15F2NO2S. The Balaban J connectivity index is 3.04. The maximum atomic E-state index is 13.1. The molecule has 18 heavy (non-hydrogen) atoms. The molecule has 1 rings (SSSR count). The molecule has 1 aromatic carbocycles. The first-order valence-electron chi connectivity index (χ1n) is 5.25. The highest BCUT2D eigenvalue weighted by Crippen LogP contribution is 2.22. The Morgan fingerprint density at radius 1 is 1.28 bits per heavy atom. The third-order valence-electron chi connectivity index (χ3n) is 2.08. The van der Waals surface area contributed by atoms with E-state index in [9.17, 15) is 13.3 Å². The van der Waals surface area contributed by atoms with Gasteiger partial charge in [0.05, 0.1) is 13.3 Å². The van der Waals surface area contributed by atoms with Crippen LogP contribution < -0.4 is 4.74 Å². The second-order valence-corrected chi connectivity index (χ2v) is 6.54. The van der Waals surface area contributed by atoms with Gasteiger partial charge < -0.3 is 9.29 Å². The number of methoxy groups -OCH3 is 1. The van der Waals surface area contributed by atoms with Crippen LogP contribution in [0.15, 0.2) is 16.5 Å². The fraction of sp³-hybridized carbons (Fsp3) is 0.417. The van der Waals surface area contributed by atoms with E-state index < -0.39 is 27.7 Å².